The molecule has 7 rings (SSSR count). The van der Waals surface area contributed by atoms with Gasteiger partial charge in [0, 0.05) is 23.2 Å². The van der Waals surface area contributed by atoms with Crippen LogP contribution in [0.2, 0.25) is 0 Å². The van der Waals surface area contributed by atoms with E-state index < -0.39 is 0 Å². The average Bonchev–Trinajstić information content (AvgIpc) is 2.93. The number of benzene rings is 6. The van der Waals surface area contributed by atoms with Gasteiger partial charge in [-0.15, -0.1) is 0 Å². The van der Waals surface area contributed by atoms with Gasteiger partial charge in [0.15, 0.2) is 0 Å². The van der Waals surface area contributed by atoms with Gasteiger partial charge >= 0.3 is 0 Å². The van der Waals surface area contributed by atoms with Gasteiger partial charge in [-0.3, -0.25) is 9.97 Å². The van der Waals surface area contributed by atoms with Crippen molar-refractivity contribution in [3.05, 3.63) is 122 Å². The Labute approximate surface area is 197 Å². The molecule has 0 fully saturated rings. The third kappa shape index (κ3) is 2.96. The first-order valence-electron chi connectivity index (χ1n) is 11.5. The Bertz CT molecular complexity index is 1810. The van der Waals surface area contributed by atoms with Crippen LogP contribution < -0.4 is 0 Å². The Hall–Kier alpha value is -4.56. The molecule has 0 aliphatic rings. The molecule has 0 bridgehead atoms. The van der Waals surface area contributed by atoms with Crippen molar-refractivity contribution in [1.82, 2.24) is 9.97 Å². The van der Waals surface area contributed by atoms with Crippen LogP contribution in [0, 0.1) is 0 Å². The second-order valence-corrected chi connectivity index (χ2v) is 8.70. The molecule has 2 heteroatoms. The summed E-state index contributed by atoms with van der Waals surface area (Å²) >= 11 is 0. The zero-order chi connectivity index (χ0) is 22.5. The van der Waals surface area contributed by atoms with Crippen LogP contribution in [0.4, 0.5) is 0 Å². The predicted octanol–water partition coefficient (Wildman–Crippen LogP) is 8.42. The minimum absolute atomic E-state index is 0.950. The van der Waals surface area contributed by atoms with Crippen molar-refractivity contribution in [3.63, 3.8) is 0 Å². The van der Waals surface area contributed by atoms with E-state index in [0.717, 1.165) is 21.8 Å². The second kappa shape index (κ2) is 7.50. The summed E-state index contributed by atoms with van der Waals surface area (Å²) in [5, 5.41) is 7.23. The zero-order valence-corrected chi connectivity index (χ0v) is 18.4. The normalized spacial score (nSPS) is 11.5. The van der Waals surface area contributed by atoms with E-state index in [9.17, 15) is 0 Å². The predicted molar refractivity (Wildman–Crippen MR) is 143 cm³/mol. The van der Waals surface area contributed by atoms with Crippen molar-refractivity contribution in [3.8, 4) is 22.3 Å². The smallest absolute Gasteiger partial charge is 0.0971 e. The van der Waals surface area contributed by atoms with Gasteiger partial charge in [-0.05, 0) is 55.9 Å². The maximum Gasteiger partial charge on any atom is 0.0971 e. The van der Waals surface area contributed by atoms with Gasteiger partial charge < -0.3 is 0 Å². The molecule has 0 saturated carbocycles. The van der Waals surface area contributed by atoms with Gasteiger partial charge in [-0.2, -0.15) is 0 Å². The van der Waals surface area contributed by atoms with E-state index in [4.69, 9.17) is 4.98 Å². The molecule has 1 aromatic heterocycles. The fourth-order valence-corrected chi connectivity index (χ4v) is 5.04. The van der Waals surface area contributed by atoms with Gasteiger partial charge in [-0.25, -0.2) is 0 Å². The molecule has 6 aromatic carbocycles. The summed E-state index contributed by atoms with van der Waals surface area (Å²) in [6.07, 6.45) is 3.55. The molecular weight excluding hydrogens is 412 g/mol. The Balaban J connectivity index is 1.36. The van der Waals surface area contributed by atoms with Gasteiger partial charge in [0.1, 0.15) is 0 Å². The SMILES string of the molecule is c1ccc2cc(-c3ccc(-c4ccc5c6ccccc6c6nccnc6c5c4)cc3)ccc2c1. The first-order chi connectivity index (χ1) is 16.8. The molecule has 0 N–H and O–H groups in total. The summed E-state index contributed by atoms with van der Waals surface area (Å²) in [6.45, 7) is 0. The van der Waals surface area contributed by atoms with E-state index in [2.05, 4.69) is 114 Å². The largest absolute Gasteiger partial charge is 0.252 e. The molecule has 2 nitrogen and oxygen atoms in total. The Morgan fingerprint density at radius 2 is 0.882 bits per heavy atom. The third-order valence-corrected chi connectivity index (χ3v) is 6.75. The highest BCUT2D eigenvalue weighted by atomic mass is 14.8. The number of hydrogen-bond acceptors (Lipinski definition) is 2. The molecule has 0 saturated heterocycles. The van der Waals surface area contributed by atoms with Crippen molar-refractivity contribution in [2.45, 2.75) is 0 Å². The highest BCUT2D eigenvalue weighted by molar-refractivity contribution is 6.23. The molecule has 0 amide bonds. The van der Waals surface area contributed by atoms with E-state index >= 15 is 0 Å². The maximum atomic E-state index is 4.71. The van der Waals surface area contributed by atoms with Gasteiger partial charge in [0.05, 0.1) is 11.0 Å². The summed E-state index contributed by atoms with van der Waals surface area (Å²) in [5.41, 5.74) is 6.73. The number of nitrogens with zero attached hydrogens (tertiary/aromatic N) is 2. The standard InChI is InChI=1S/C32H20N2/c1-2-6-24-19-25(14-13-21(24)5-1)22-9-11-23(12-10-22)26-15-16-28-27-7-3-4-8-29(27)31-32(30(28)20-26)34-18-17-33-31/h1-20H. The monoisotopic (exact) mass is 432 g/mol. The topological polar surface area (TPSA) is 25.8 Å². The highest BCUT2D eigenvalue weighted by Crippen LogP contribution is 2.35. The van der Waals surface area contributed by atoms with Crippen LogP contribution in [-0.2, 0) is 0 Å². The van der Waals surface area contributed by atoms with E-state index in [0.29, 0.717) is 0 Å². The summed E-state index contributed by atoms with van der Waals surface area (Å²) in [7, 11) is 0. The number of fused-ring (bicyclic) bond motifs is 7. The second-order valence-electron chi connectivity index (χ2n) is 8.70. The van der Waals surface area contributed by atoms with E-state index in [1.807, 2.05) is 0 Å². The number of aromatic nitrogens is 2. The highest BCUT2D eigenvalue weighted by Gasteiger charge is 2.11. The Kier molecular flexibility index (Phi) is 4.18. The summed E-state index contributed by atoms with van der Waals surface area (Å²) in [4.78, 5) is 9.38. The summed E-state index contributed by atoms with van der Waals surface area (Å²) in [6, 6.07) is 39.1. The van der Waals surface area contributed by atoms with Gasteiger partial charge in [0.2, 0.25) is 0 Å². The van der Waals surface area contributed by atoms with Crippen LogP contribution in [0.25, 0.3) is 65.6 Å². The van der Waals surface area contributed by atoms with Crippen LogP contribution in [-0.4, -0.2) is 9.97 Å². The van der Waals surface area contributed by atoms with Crippen molar-refractivity contribution in [2.75, 3.05) is 0 Å². The quantitative estimate of drug-likeness (QED) is 0.256. The lowest BCUT2D eigenvalue weighted by atomic mass is 9.94. The van der Waals surface area contributed by atoms with Crippen molar-refractivity contribution in [1.29, 1.82) is 0 Å². The van der Waals surface area contributed by atoms with Crippen LogP contribution in [0.1, 0.15) is 0 Å². The molecule has 0 atom stereocenters. The molecule has 1 heterocycles. The molecule has 0 radical (unpaired) electrons. The minimum atomic E-state index is 0.950. The molecule has 34 heavy (non-hydrogen) atoms. The number of rotatable bonds is 2. The van der Waals surface area contributed by atoms with Crippen LogP contribution in [0.5, 0.6) is 0 Å². The van der Waals surface area contributed by atoms with Crippen molar-refractivity contribution < 1.29 is 0 Å². The van der Waals surface area contributed by atoms with Crippen molar-refractivity contribution >= 4 is 43.4 Å². The Morgan fingerprint density at radius 3 is 1.65 bits per heavy atom. The average molecular weight is 433 g/mol. The van der Waals surface area contributed by atoms with Crippen LogP contribution in [0.3, 0.4) is 0 Å². The van der Waals surface area contributed by atoms with Crippen LogP contribution in [0.15, 0.2) is 122 Å². The lowest BCUT2D eigenvalue weighted by molar-refractivity contribution is 1.31. The molecule has 7 aromatic rings. The molecule has 0 aliphatic carbocycles. The fourth-order valence-electron chi connectivity index (χ4n) is 5.04. The fraction of sp³-hybridized carbons (Fsp3) is 0. The summed E-state index contributed by atoms with van der Waals surface area (Å²) in [5.74, 6) is 0. The lowest BCUT2D eigenvalue weighted by Gasteiger charge is -2.11. The van der Waals surface area contributed by atoms with Crippen LogP contribution >= 0.6 is 0 Å². The molecular formula is C32H20N2. The van der Waals surface area contributed by atoms with Gasteiger partial charge in [0.25, 0.3) is 0 Å². The number of hydrogen-bond donors (Lipinski definition) is 0. The third-order valence-electron chi connectivity index (χ3n) is 6.75. The Morgan fingerprint density at radius 1 is 0.353 bits per heavy atom. The first-order valence-corrected chi connectivity index (χ1v) is 11.5. The van der Waals surface area contributed by atoms with Gasteiger partial charge in [-0.1, -0.05) is 97.1 Å². The first kappa shape index (κ1) is 19.0. The van der Waals surface area contributed by atoms with E-state index in [1.165, 1.54) is 43.8 Å². The maximum absolute atomic E-state index is 4.71. The summed E-state index contributed by atoms with van der Waals surface area (Å²) < 4.78 is 0. The minimum Gasteiger partial charge on any atom is -0.252 e. The lowest BCUT2D eigenvalue weighted by Crippen LogP contribution is -1.89. The molecule has 158 valence electrons. The molecule has 0 aliphatic heterocycles. The zero-order valence-electron chi connectivity index (χ0n) is 18.4. The van der Waals surface area contributed by atoms with E-state index in [-0.39, 0.29) is 0 Å². The molecule has 0 unspecified atom stereocenters. The molecule has 0 spiro atoms. The van der Waals surface area contributed by atoms with Crippen molar-refractivity contribution in [2.24, 2.45) is 0 Å². The van der Waals surface area contributed by atoms with E-state index in [1.54, 1.807) is 12.4 Å².